The summed E-state index contributed by atoms with van der Waals surface area (Å²) in [5.41, 5.74) is 6.05. The largest absolute Gasteiger partial charge is 0.355 e. The first-order valence-electron chi connectivity index (χ1n) is 7.65. The first-order chi connectivity index (χ1) is 8.66. The molecule has 3 N–H and O–H groups in total. The van der Waals surface area contributed by atoms with Crippen LogP contribution in [0.4, 0.5) is 0 Å². The van der Waals surface area contributed by atoms with Crippen LogP contribution in [-0.4, -0.2) is 19.0 Å². The Morgan fingerprint density at radius 3 is 2.22 bits per heavy atom. The van der Waals surface area contributed by atoms with Crippen LogP contribution >= 0.6 is 0 Å². The highest BCUT2D eigenvalue weighted by Gasteiger charge is 2.40. The third-order valence-corrected chi connectivity index (χ3v) is 5.47. The zero-order valence-corrected chi connectivity index (χ0v) is 11.8. The van der Waals surface area contributed by atoms with Gasteiger partial charge in [-0.3, -0.25) is 4.79 Å². The summed E-state index contributed by atoms with van der Waals surface area (Å²) >= 11 is 0. The maximum absolute atomic E-state index is 12.5. The van der Waals surface area contributed by atoms with Crippen molar-refractivity contribution in [3.05, 3.63) is 0 Å². The summed E-state index contributed by atoms with van der Waals surface area (Å²) in [5.74, 6) is 0.226. The van der Waals surface area contributed by atoms with Gasteiger partial charge in [-0.1, -0.05) is 32.6 Å². The number of nitrogens with one attached hydrogen (secondary N) is 1. The molecular weight excluding hydrogens is 224 g/mol. The minimum Gasteiger partial charge on any atom is -0.355 e. The molecule has 0 saturated heterocycles. The molecule has 18 heavy (non-hydrogen) atoms. The predicted molar refractivity (Wildman–Crippen MR) is 74.2 cm³/mol. The Kier molecular flexibility index (Phi) is 4.31. The molecule has 2 aliphatic carbocycles. The molecule has 0 aromatic carbocycles. The molecule has 0 bridgehead atoms. The van der Waals surface area contributed by atoms with E-state index >= 15 is 0 Å². The predicted octanol–water partition coefficient (Wildman–Crippen LogP) is 2.59. The molecule has 3 nitrogen and oxygen atoms in total. The fourth-order valence-electron chi connectivity index (χ4n) is 3.54. The van der Waals surface area contributed by atoms with Crippen LogP contribution in [0.1, 0.15) is 64.7 Å². The van der Waals surface area contributed by atoms with Gasteiger partial charge in [0.25, 0.3) is 0 Å². The van der Waals surface area contributed by atoms with E-state index in [4.69, 9.17) is 5.73 Å². The van der Waals surface area contributed by atoms with Gasteiger partial charge in [-0.15, -0.1) is 0 Å². The molecule has 0 aliphatic heterocycles. The van der Waals surface area contributed by atoms with E-state index in [0.717, 1.165) is 32.2 Å². The van der Waals surface area contributed by atoms with Gasteiger partial charge in [0.05, 0.1) is 5.41 Å². The van der Waals surface area contributed by atoms with Crippen LogP contribution in [0, 0.1) is 10.8 Å². The summed E-state index contributed by atoms with van der Waals surface area (Å²) in [6.07, 6.45) is 10.6. The molecule has 0 radical (unpaired) electrons. The van der Waals surface area contributed by atoms with Crippen molar-refractivity contribution >= 4 is 5.91 Å². The van der Waals surface area contributed by atoms with Crippen LogP contribution in [-0.2, 0) is 4.79 Å². The van der Waals surface area contributed by atoms with Crippen molar-refractivity contribution in [2.75, 3.05) is 13.1 Å². The second-order valence-corrected chi connectivity index (χ2v) is 6.43. The van der Waals surface area contributed by atoms with Gasteiger partial charge in [-0.25, -0.2) is 0 Å². The van der Waals surface area contributed by atoms with Crippen LogP contribution in [0.25, 0.3) is 0 Å². The standard InChI is InChI=1S/C15H28N2O/c1-2-14(7-6-8-14)12-17-13(18)15(11-16)9-4-3-5-10-15/h2-12,16H2,1H3,(H,17,18). The smallest absolute Gasteiger partial charge is 0.227 e. The molecule has 2 aliphatic rings. The minimum atomic E-state index is -0.253. The Morgan fingerprint density at radius 2 is 1.78 bits per heavy atom. The molecule has 0 atom stereocenters. The Labute approximate surface area is 111 Å². The number of amides is 1. The average Bonchev–Trinajstić information content (AvgIpc) is 2.38. The number of rotatable bonds is 5. The van der Waals surface area contributed by atoms with Gasteiger partial charge in [0.15, 0.2) is 0 Å². The van der Waals surface area contributed by atoms with Crippen molar-refractivity contribution in [3.8, 4) is 0 Å². The molecule has 0 aromatic heterocycles. The van der Waals surface area contributed by atoms with Crippen LogP contribution < -0.4 is 11.1 Å². The van der Waals surface area contributed by atoms with E-state index in [1.807, 2.05) is 0 Å². The first kappa shape index (κ1) is 13.9. The lowest BCUT2D eigenvalue weighted by molar-refractivity contribution is -0.133. The monoisotopic (exact) mass is 252 g/mol. The lowest BCUT2D eigenvalue weighted by atomic mass is 9.66. The summed E-state index contributed by atoms with van der Waals surface area (Å²) in [6, 6.07) is 0. The lowest BCUT2D eigenvalue weighted by Gasteiger charge is -2.43. The summed E-state index contributed by atoms with van der Waals surface area (Å²) in [5, 5.41) is 3.22. The highest BCUT2D eigenvalue weighted by Crippen LogP contribution is 2.43. The van der Waals surface area contributed by atoms with E-state index in [1.54, 1.807) is 0 Å². The maximum atomic E-state index is 12.5. The molecular formula is C15H28N2O. The van der Waals surface area contributed by atoms with Crippen LogP contribution in [0.2, 0.25) is 0 Å². The van der Waals surface area contributed by atoms with Gasteiger partial charge in [-0.2, -0.15) is 0 Å². The topological polar surface area (TPSA) is 55.1 Å². The number of carbonyl (C=O) groups is 1. The van der Waals surface area contributed by atoms with Crippen molar-refractivity contribution in [2.45, 2.75) is 64.7 Å². The van der Waals surface area contributed by atoms with Crippen LogP contribution in [0.5, 0.6) is 0 Å². The van der Waals surface area contributed by atoms with Crippen molar-refractivity contribution in [1.29, 1.82) is 0 Å². The van der Waals surface area contributed by atoms with Gasteiger partial charge in [0.2, 0.25) is 5.91 Å². The third-order valence-electron chi connectivity index (χ3n) is 5.47. The average molecular weight is 252 g/mol. The first-order valence-corrected chi connectivity index (χ1v) is 7.65. The Morgan fingerprint density at radius 1 is 1.11 bits per heavy atom. The Bertz CT molecular complexity index is 285. The third kappa shape index (κ3) is 2.56. The highest BCUT2D eigenvalue weighted by atomic mass is 16.2. The van der Waals surface area contributed by atoms with Gasteiger partial charge < -0.3 is 11.1 Å². The van der Waals surface area contributed by atoms with Crippen molar-refractivity contribution in [1.82, 2.24) is 5.32 Å². The number of carbonyl (C=O) groups excluding carboxylic acids is 1. The van der Waals surface area contributed by atoms with E-state index in [9.17, 15) is 4.79 Å². The molecule has 2 saturated carbocycles. The summed E-state index contributed by atoms with van der Waals surface area (Å²) in [7, 11) is 0. The van der Waals surface area contributed by atoms with Gasteiger partial charge >= 0.3 is 0 Å². The Balaban J connectivity index is 1.89. The number of hydrogen-bond donors (Lipinski definition) is 2. The normalized spacial score (nSPS) is 25.2. The van der Waals surface area contributed by atoms with Crippen molar-refractivity contribution < 1.29 is 4.79 Å². The van der Waals surface area contributed by atoms with Crippen LogP contribution in [0.15, 0.2) is 0 Å². The molecule has 0 unspecified atom stereocenters. The molecule has 2 rings (SSSR count). The molecule has 0 spiro atoms. The second-order valence-electron chi connectivity index (χ2n) is 6.43. The molecule has 0 heterocycles. The van der Waals surface area contributed by atoms with Crippen molar-refractivity contribution in [2.24, 2.45) is 16.6 Å². The van der Waals surface area contributed by atoms with Crippen LogP contribution in [0.3, 0.4) is 0 Å². The fourth-order valence-corrected chi connectivity index (χ4v) is 3.54. The molecule has 0 aromatic rings. The molecule has 1 amide bonds. The van der Waals surface area contributed by atoms with E-state index in [-0.39, 0.29) is 11.3 Å². The zero-order valence-electron chi connectivity index (χ0n) is 11.8. The van der Waals surface area contributed by atoms with Gasteiger partial charge in [-0.05, 0) is 37.5 Å². The molecule has 3 heteroatoms. The second kappa shape index (κ2) is 5.60. The van der Waals surface area contributed by atoms with E-state index in [1.165, 1.54) is 32.1 Å². The fraction of sp³-hybridized carbons (Fsp3) is 0.933. The summed E-state index contributed by atoms with van der Waals surface area (Å²) < 4.78 is 0. The lowest BCUT2D eigenvalue weighted by Crippen LogP contribution is -2.51. The minimum absolute atomic E-state index is 0.226. The number of hydrogen-bond acceptors (Lipinski definition) is 2. The molecule has 104 valence electrons. The highest BCUT2D eigenvalue weighted by molar-refractivity contribution is 5.83. The molecule has 2 fully saturated rings. The van der Waals surface area contributed by atoms with E-state index in [0.29, 0.717) is 12.0 Å². The number of nitrogens with two attached hydrogens (primary N) is 1. The van der Waals surface area contributed by atoms with Gasteiger partial charge in [0, 0.05) is 13.1 Å². The quantitative estimate of drug-likeness (QED) is 0.790. The van der Waals surface area contributed by atoms with Crippen molar-refractivity contribution in [3.63, 3.8) is 0 Å². The van der Waals surface area contributed by atoms with E-state index < -0.39 is 0 Å². The zero-order chi connectivity index (χ0) is 13.1. The van der Waals surface area contributed by atoms with E-state index in [2.05, 4.69) is 12.2 Å². The van der Waals surface area contributed by atoms with Gasteiger partial charge in [0.1, 0.15) is 0 Å². The summed E-state index contributed by atoms with van der Waals surface area (Å²) in [4.78, 5) is 12.5. The SMILES string of the molecule is CCC1(CNC(=O)C2(CN)CCCCC2)CCC1. The maximum Gasteiger partial charge on any atom is 0.227 e. The Hall–Kier alpha value is -0.570. The summed E-state index contributed by atoms with van der Waals surface area (Å²) in [6.45, 7) is 3.62.